The SMILES string of the molecule is CNC(C)C(=O)N1CCCC(OC)C1. The molecule has 1 rings (SSSR count). The molecule has 0 bridgehead atoms. The quantitative estimate of drug-likeness (QED) is 0.709. The molecule has 0 aromatic rings. The zero-order chi connectivity index (χ0) is 10.6. The van der Waals surface area contributed by atoms with Gasteiger partial charge in [-0.1, -0.05) is 0 Å². The predicted octanol–water partition coefficient (Wildman–Crippen LogP) is 0.232. The van der Waals surface area contributed by atoms with Crippen LogP contribution in [0.2, 0.25) is 0 Å². The van der Waals surface area contributed by atoms with Crippen LogP contribution in [0.3, 0.4) is 0 Å². The summed E-state index contributed by atoms with van der Waals surface area (Å²) in [6.45, 7) is 3.49. The highest BCUT2D eigenvalue weighted by Gasteiger charge is 2.25. The van der Waals surface area contributed by atoms with Gasteiger partial charge in [-0.3, -0.25) is 4.79 Å². The Labute approximate surface area is 85.6 Å². The fraction of sp³-hybridized carbons (Fsp3) is 0.900. The van der Waals surface area contributed by atoms with Gasteiger partial charge in [-0.15, -0.1) is 0 Å². The Balaban J connectivity index is 2.47. The average Bonchev–Trinajstić information content (AvgIpc) is 2.27. The number of rotatable bonds is 3. The van der Waals surface area contributed by atoms with Crippen LogP contribution in [-0.4, -0.2) is 50.2 Å². The van der Waals surface area contributed by atoms with Crippen LogP contribution in [0.1, 0.15) is 19.8 Å². The third-order valence-corrected chi connectivity index (χ3v) is 2.83. The Morgan fingerprint density at radius 2 is 2.36 bits per heavy atom. The maximum Gasteiger partial charge on any atom is 0.239 e. The molecule has 2 unspecified atom stereocenters. The second-order valence-electron chi connectivity index (χ2n) is 3.79. The first-order valence-corrected chi connectivity index (χ1v) is 5.18. The van der Waals surface area contributed by atoms with Gasteiger partial charge >= 0.3 is 0 Å². The first kappa shape index (κ1) is 11.5. The van der Waals surface area contributed by atoms with Gasteiger partial charge in [-0.25, -0.2) is 0 Å². The van der Waals surface area contributed by atoms with Crippen molar-refractivity contribution in [1.82, 2.24) is 10.2 Å². The molecule has 0 aliphatic carbocycles. The van der Waals surface area contributed by atoms with Gasteiger partial charge in [0.15, 0.2) is 0 Å². The molecule has 0 radical (unpaired) electrons. The number of hydrogen-bond acceptors (Lipinski definition) is 3. The number of likely N-dealkylation sites (N-methyl/N-ethyl adjacent to an activating group) is 1. The number of amides is 1. The smallest absolute Gasteiger partial charge is 0.239 e. The maximum atomic E-state index is 11.8. The van der Waals surface area contributed by atoms with Crippen molar-refractivity contribution in [2.24, 2.45) is 0 Å². The average molecular weight is 200 g/mol. The predicted molar refractivity (Wildman–Crippen MR) is 55.1 cm³/mol. The summed E-state index contributed by atoms with van der Waals surface area (Å²) in [4.78, 5) is 13.7. The van der Waals surface area contributed by atoms with Gasteiger partial charge in [0.25, 0.3) is 0 Å². The first-order chi connectivity index (χ1) is 6.69. The van der Waals surface area contributed by atoms with Crippen LogP contribution >= 0.6 is 0 Å². The van der Waals surface area contributed by atoms with E-state index in [2.05, 4.69) is 5.32 Å². The molecule has 1 saturated heterocycles. The molecule has 4 nitrogen and oxygen atoms in total. The second-order valence-corrected chi connectivity index (χ2v) is 3.79. The van der Waals surface area contributed by atoms with Crippen molar-refractivity contribution in [2.45, 2.75) is 31.9 Å². The molecule has 1 heterocycles. The van der Waals surface area contributed by atoms with Crippen LogP contribution in [0.15, 0.2) is 0 Å². The first-order valence-electron chi connectivity index (χ1n) is 5.18. The van der Waals surface area contributed by atoms with E-state index in [1.54, 1.807) is 14.2 Å². The standard InChI is InChI=1S/C10H20N2O2/c1-8(11-2)10(13)12-6-4-5-9(7-12)14-3/h8-9,11H,4-7H2,1-3H3. The van der Waals surface area contributed by atoms with E-state index in [1.165, 1.54) is 0 Å². The number of hydrogen-bond donors (Lipinski definition) is 1. The fourth-order valence-electron chi connectivity index (χ4n) is 1.73. The number of nitrogens with zero attached hydrogens (tertiary/aromatic N) is 1. The Kier molecular flexibility index (Phi) is 4.35. The molecule has 1 fully saturated rings. The summed E-state index contributed by atoms with van der Waals surface area (Å²) in [5, 5.41) is 2.96. The van der Waals surface area contributed by atoms with Gasteiger partial charge < -0.3 is 15.0 Å². The number of ether oxygens (including phenoxy) is 1. The molecule has 1 aliphatic heterocycles. The van der Waals surface area contributed by atoms with Crippen molar-refractivity contribution < 1.29 is 9.53 Å². The van der Waals surface area contributed by atoms with Gasteiger partial charge in [0.2, 0.25) is 5.91 Å². The lowest BCUT2D eigenvalue weighted by molar-refractivity contribution is -0.136. The Morgan fingerprint density at radius 1 is 1.64 bits per heavy atom. The number of methoxy groups -OCH3 is 1. The molecular formula is C10H20N2O2. The molecule has 1 aliphatic rings. The van der Waals surface area contributed by atoms with Crippen molar-refractivity contribution in [1.29, 1.82) is 0 Å². The molecular weight excluding hydrogens is 180 g/mol. The number of piperidine rings is 1. The third-order valence-electron chi connectivity index (χ3n) is 2.83. The second kappa shape index (κ2) is 5.32. The zero-order valence-corrected chi connectivity index (χ0v) is 9.25. The summed E-state index contributed by atoms with van der Waals surface area (Å²) in [7, 11) is 3.51. The molecule has 1 amide bonds. The van der Waals surface area contributed by atoms with E-state index in [9.17, 15) is 4.79 Å². The van der Waals surface area contributed by atoms with Crippen molar-refractivity contribution in [2.75, 3.05) is 27.2 Å². The van der Waals surface area contributed by atoms with Crippen LogP contribution < -0.4 is 5.32 Å². The van der Waals surface area contributed by atoms with E-state index < -0.39 is 0 Å². The van der Waals surface area contributed by atoms with Crippen molar-refractivity contribution in [3.63, 3.8) is 0 Å². The lowest BCUT2D eigenvalue weighted by Gasteiger charge is -2.33. The van der Waals surface area contributed by atoms with E-state index >= 15 is 0 Å². The van der Waals surface area contributed by atoms with Crippen molar-refractivity contribution in [3.8, 4) is 0 Å². The molecule has 0 saturated carbocycles. The molecule has 1 N–H and O–H groups in total. The van der Waals surface area contributed by atoms with Crippen LogP contribution in [-0.2, 0) is 9.53 Å². The summed E-state index contributed by atoms with van der Waals surface area (Å²) in [5.41, 5.74) is 0. The Hall–Kier alpha value is -0.610. The van der Waals surface area contributed by atoms with Gasteiger partial charge in [0.1, 0.15) is 0 Å². The molecule has 82 valence electrons. The highest BCUT2D eigenvalue weighted by molar-refractivity contribution is 5.81. The highest BCUT2D eigenvalue weighted by atomic mass is 16.5. The number of carbonyl (C=O) groups is 1. The highest BCUT2D eigenvalue weighted by Crippen LogP contribution is 2.13. The topological polar surface area (TPSA) is 41.6 Å². The minimum atomic E-state index is -0.0920. The van der Waals surface area contributed by atoms with Crippen LogP contribution in [0.25, 0.3) is 0 Å². The molecule has 0 spiro atoms. The fourth-order valence-corrected chi connectivity index (χ4v) is 1.73. The monoisotopic (exact) mass is 200 g/mol. The number of carbonyl (C=O) groups excluding carboxylic acids is 1. The zero-order valence-electron chi connectivity index (χ0n) is 9.25. The minimum Gasteiger partial charge on any atom is -0.380 e. The number of nitrogens with one attached hydrogen (secondary N) is 1. The normalized spacial score (nSPS) is 24.8. The molecule has 4 heteroatoms. The summed E-state index contributed by atoms with van der Waals surface area (Å²) in [5.74, 6) is 0.175. The summed E-state index contributed by atoms with van der Waals surface area (Å²) in [6.07, 6.45) is 2.33. The summed E-state index contributed by atoms with van der Waals surface area (Å²) >= 11 is 0. The van der Waals surface area contributed by atoms with Crippen LogP contribution in [0, 0.1) is 0 Å². The largest absolute Gasteiger partial charge is 0.380 e. The summed E-state index contributed by atoms with van der Waals surface area (Å²) in [6, 6.07) is -0.0920. The lowest BCUT2D eigenvalue weighted by atomic mass is 10.1. The van der Waals surface area contributed by atoms with Gasteiger partial charge in [-0.05, 0) is 26.8 Å². The van der Waals surface area contributed by atoms with Gasteiger partial charge in [0, 0.05) is 20.2 Å². The van der Waals surface area contributed by atoms with Crippen molar-refractivity contribution >= 4 is 5.91 Å². The Bertz CT molecular complexity index is 197. The van der Waals surface area contributed by atoms with E-state index in [-0.39, 0.29) is 18.1 Å². The summed E-state index contributed by atoms with van der Waals surface area (Å²) < 4.78 is 5.27. The number of likely N-dealkylation sites (tertiary alicyclic amines) is 1. The van der Waals surface area contributed by atoms with E-state index in [1.807, 2.05) is 11.8 Å². The molecule has 14 heavy (non-hydrogen) atoms. The lowest BCUT2D eigenvalue weighted by Crippen LogP contribution is -2.49. The molecule has 2 atom stereocenters. The van der Waals surface area contributed by atoms with Gasteiger partial charge in [-0.2, -0.15) is 0 Å². The van der Waals surface area contributed by atoms with Crippen LogP contribution in [0.4, 0.5) is 0 Å². The van der Waals surface area contributed by atoms with Crippen LogP contribution in [0.5, 0.6) is 0 Å². The third kappa shape index (κ3) is 2.69. The maximum absolute atomic E-state index is 11.8. The molecule has 0 aromatic heterocycles. The van der Waals surface area contributed by atoms with E-state index in [0.717, 1.165) is 25.9 Å². The minimum absolute atomic E-state index is 0.0920. The van der Waals surface area contributed by atoms with E-state index in [0.29, 0.717) is 0 Å². The van der Waals surface area contributed by atoms with Gasteiger partial charge in [0.05, 0.1) is 12.1 Å². The molecule has 0 aromatic carbocycles. The Morgan fingerprint density at radius 3 is 2.93 bits per heavy atom. The van der Waals surface area contributed by atoms with Crippen molar-refractivity contribution in [3.05, 3.63) is 0 Å². The van der Waals surface area contributed by atoms with E-state index in [4.69, 9.17) is 4.74 Å².